The Labute approximate surface area is 307 Å². The molecule has 6 atom stereocenters. The predicted molar refractivity (Wildman–Crippen MR) is 205 cm³/mol. The molecule has 3 saturated carbocycles. The molecule has 0 aromatic rings. The Kier molecular flexibility index (Phi) is 17.9. The predicted octanol–water partition coefficient (Wildman–Crippen LogP) is 12.6. The van der Waals surface area contributed by atoms with Gasteiger partial charge in [-0.2, -0.15) is 0 Å². The maximum absolute atomic E-state index is 12.8. The van der Waals surface area contributed by atoms with Crippen molar-refractivity contribution in [2.45, 2.75) is 219 Å². The van der Waals surface area contributed by atoms with Gasteiger partial charge in [0.2, 0.25) is 0 Å². The molecule has 0 amide bonds. The molecule has 0 aliphatic heterocycles. The summed E-state index contributed by atoms with van der Waals surface area (Å²) >= 11 is 0. The topological polar surface area (TPSA) is 69.7 Å². The van der Waals surface area contributed by atoms with Gasteiger partial charge in [-0.3, -0.25) is 9.59 Å². The zero-order chi connectivity index (χ0) is 35.7. The fourth-order valence-corrected chi connectivity index (χ4v) is 10.8. The number of hydrogen-bond acceptors (Lipinski definition) is 5. The number of esters is 2. The molecule has 0 saturated heterocycles. The highest BCUT2D eigenvalue weighted by atomic mass is 16.6. The number of hydrogen-bond donors (Lipinski definition) is 0. The largest absolute Gasteiger partial charge is 0.459 e. The summed E-state index contributed by atoms with van der Waals surface area (Å²) in [7, 11) is 0. The van der Waals surface area contributed by atoms with Crippen LogP contribution in [0, 0.1) is 28.6 Å². The maximum atomic E-state index is 12.8. The first-order chi connectivity index (χ1) is 24.3. The number of ether oxygens (including phenoxy) is 2. The molecule has 50 heavy (non-hydrogen) atoms. The molecule has 0 heterocycles. The molecule has 5 heteroatoms. The van der Waals surface area contributed by atoms with Crippen LogP contribution in [0.5, 0.6) is 0 Å². The lowest BCUT2D eigenvalue weighted by atomic mass is 9.47. The van der Waals surface area contributed by atoms with Crippen molar-refractivity contribution >= 4 is 17.7 Å². The van der Waals surface area contributed by atoms with Crippen LogP contribution >= 0.6 is 0 Å². The van der Waals surface area contributed by atoms with Crippen molar-refractivity contribution in [2.75, 3.05) is 6.61 Å². The highest BCUT2D eigenvalue weighted by Gasteiger charge is 2.60. The summed E-state index contributed by atoms with van der Waals surface area (Å²) in [5, 5.41) is 0. The molecule has 0 spiro atoms. The van der Waals surface area contributed by atoms with Crippen molar-refractivity contribution < 1.29 is 23.9 Å². The van der Waals surface area contributed by atoms with Crippen LogP contribution in [0.25, 0.3) is 0 Å². The van der Waals surface area contributed by atoms with Crippen LogP contribution < -0.4 is 0 Å². The van der Waals surface area contributed by atoms with Gasteiger partial charge in [-0.25, -0.2) is 4.79 Å². The standard InChI is InChI=1S/C45H76O5/c1-4-5-6-7-8-9-10-11-12-13-14-15-16-17-18-19-20-21-22-23-24-25-42(47)49-35-43(48)50-41-29-28-39-38-27-26-36-34-37(46)30-32-44(36,2)40(38)31-33-45(39,41)3/h34,38-41H,4-33,35H2,1-3H3/t38-,39-,40-,41-,44-,45-/m0/s1. The molecule has 0 radical (unpaired) electrons. The second-order valence-electron chi connectivity index (χ2n) is 17.6. The normalized spacial score (nSPS) is 28.8. The van der Waals surface area contributed by atoms with E-state index in [4.69, 9.17) is 9.47 Å². The minimum absolute atomic E-state index is 0.00488. The van der Waals surface area contributed by atoms with E-state index in [2.05, 4.69) is 20.8 Å². The second kappa shape index (κ2) is 21.8. The lowest BCUT2D eigenvalue weighted by Crippen LogP contribution is -2.51. The summed E-state index contributed by atoms with van der Waals surface area (Å²) in [6.45, 7) is 6.77. The zero-order valence-corrected chi connectivity index (χ0v) is 32.8. The lowest BCUT2D eigenvalue weighted by molar-refractivity contribution is -0.169. The molecule has 4 aliphatic rings. The monoisotopic (exact) mass is 697 g/mol. The van der Waals surface area contributed by atoms with E-state index in [0.29, 0.717) is 36.4 Å². The lowest BCUT2D eigenvalue weighted by Gasteiger charge is -2.57. The molecule has 0 unspecified atom stereocenters. The first-order valence-electron chi connectivity index (χ1n) is 21.9. The molecule has 286 valence electrons. The Morgan fingerprint density at radius 3 is 1.74 bits per heavy atom. The summed E-state index contributed by atoms with van der Waals surface area (Å²) in [6.07, 6.45) is 38.6. The highest BCUT2D eigenvalue weighted by molar-refractivity contribution is 5.91. The quantitative estimate of drug-likeness (QED) is 0.0702. The SMILES string of the molecule is CCCCCCCCCCCCCCCCCCCCCCCC(=O)OCC(=O)O[C@H]1CC[C@H]2[C@@H]3CCC4=CC(=O)CC[C@]4(C)[C@H]3CC[C@]12C. The summed E-state index contributed by atoms with van der Waals surface area (Å²) < 4.78 is 11.4. The average molecular weight is 697 g/mol. The van der Waals surface area contributed by atoms with Gasteiger partial charge in [-0.15, -0.1) is 0 Å². The van der Waals surface area contributed by atoms with E-state index in [1.165, 1.54) is 128 Å². The van der Waals surface area contributed by atoms with Crippen molar-refractivity contribution in [3.05, 3.63) is 11.6 Å². The fraction of sp³-hybridized carbons (Fsp3) is 0.889. The number of carbonyl (C=O) groups is 3. The number of ketones is 1. The van der Waals surface area contributed by atoms with Crippen LogP contribution in [0.1, 0.15) is 213 Å². The van der Waals surface area contributed by atoms with Crippen LogP contribution in [0.4, 0.5) is 0 Å². The van der Waals surface area contributed by atoms with Crippen LogP contribution in [0.2, 0.25) is 0 Å². The number of allylic oxidation sites excluding steroid dienone is 1. The van der Waals surface area contributed by atoms with Gasteiger partial charge < -0.3 is 9.47 Å². The van der Waals surface area contributed by atoms with E-state index >= 15 is 0 Å². The molecule has 4 aliphatic carbocycles. The third kappa shape index (κ3) is 12.2. The Morgan fingerprint density at radius 2 is 1.18 bits per heavy atom. The van der Waals surface area contributed by atoms with Crippen molar-refractivity contribution in [2.24, 2.45) is 28.6 Å². The summed E-state index contributed by atoms with van der Waals surface area (Å²) in [5.41, 5.74) is 1.55. The van der Waals surface area contributed by atoms with Crippen LogP contribution in [-0.4, -0.2) is 30.4 Å². The number of fused-ring (bicyclic) bond motifs is 5. The molecule has 4 rings (SSSR count). The first-order valence-corrected chi connectivity index (χ1v) is 21.9. The summed E-state index contributed by atoms with van der Waals surface area (Å²) in [5.74, 6) is 1.46. The Morgan fingerprint density at radius 1 is 0.640 bits per heavy atom. The first kappa shape index (κ1) is 41.1. The van der Waals surface area contributed by atoms with Crippen molar-refractivity contribution in [3.63, 3.8) is 0 Å². The number of rotatable bonds is 25. The molecule has 0 bridgehead atoms. The van der Waals surface area contributed by atoms with Gasteiger partial charge in [0.25, 0.3) is 0 Å². The molecule has 0 aromatic heterocycles. The molecular formula is C45H76O5. The Hall–Kier alpha value is -1.65. The van der Waals surface area contributed by atoms with Gasteiger partial charge >= 0.3 is 11.9 Å². The Bertz CT molecular complexity index is 1060. The van der Waals surface area contributed by atoms with E-state index in [9.17, 15) is 14.4 Å². The van der Waals surface area contributed by atoms with E-state index in [0.717, 1.165) is 57.8 Å². The zero-order valence-electron chi connectivity index (χ0n) is 32.8. The molecular weight excluding hydrogens is 620 g/mol. The smallest absolute Gasteiger partial charge is 0.344 e. The maximum Gasteiger partial charge on any atom is 0.344 e. The van der Waals surface area contributed by atoms with Gasteiger partial charge in [0.05, 0.1) is 0 Å². The molecule has 0 aromatic carbocycles. The van der Waals surface area contributed by atoms with E-state index in [1.807, 2.05) is 6.08 Å². The van der Waals surface area contributed by atoms with Gasteiger partial charge in [-0.1, -0.05) is 155 Å². The van der Waals surface area contributed by atoms with Crippen molar-refractivity contribution in [3.8, 4) is 0 Å². The fourth-order valence-electron chi connectivity index (χ4n) is 10.8. The van der Waals surface area contributed by atoms with Crippen LogP contribution in [-0.2, 0) is 23.9 Å². The average Bonchev–Trinajstić information content (AvgIpc) is 3.43. The van der Waals surface area contributed by atoms with Gasteiger partial charge in [0.1, 0.15) is 6.10 Å². The van der Waals surface area contributed by atoms with E-state index < -0.39 is 5.97 Å². The van der Waals surface area contributed by atoms with Crippen molar-refractivity contribution in [1.82, 2.24) is 0 Å². The van der Waals surface area contributed by atoms with E-state index in [1.54, 1.807) is 0 Å². The molecule has 0 N–H and O–H groups in total. The van der Waals surface area contributed by atoms with Gasteiger partial charge in [0, 0.05) is 18.3 Å². The second-order valence-corrected chi connectivity index (χ2v) is 17.6. The third-order valence-corrected chi connectivity index (χ3v) is 14.0. The summed E-state index contributed by atoms with van der Waals surface area (Å²) in [6, 6.07) is 0. The number of carbonyl (C=O) groups excluding carboxylic acids is 3. The highest BCUT2D eigenvalue weighted by Crippen LogP contribution is 2.65. The van der Waals surface area contributed by atoms with Gasteiger partial charge in [0.15, 0.2) is 12.4 Å². The summed E-state index contributed by atoms with van der Waals surface area (Å²) in [4.78, 5) is 37.3. The van der Waals surface area contributed by atoms with Crippen molar-refractivity contribution in [1.29, 1.82) is 0 Å². The molecule has 5 nitrogen and oxygen atoms in total. The third-order valence-electron chi connectivity index (χ3n) is 14.0. The van der Waals surface area contributed by atoms with E-state index in [-0.39, 0.29) is 29.5 Å². The minimum Gasteiger partial charge on any atom is -0.459 e. The van der Waals surface area contributed by atoms with Crippen LogP contribution in [0.3, 0.4) is 0 Å². The van der Waals surface area contributed by atoms with Crippen LogP contribution in [0.15, 0.2) is 11.6 Å². The Balaban J connectivity index is 0.950. The minimum atomic E-state index is -0.391. The number of unbranched alkanes of at least 4 members (excludes halogenated alkanes) is 20. The molecule has 3 fully saturated rings. The van der Waals surface area contributed by atoms with Gasteiger partial charge in [-0.05, 0) is 80.6 Å².